The molecule has 0 aromatic heterocycles. The summed E-state index contributed by atoms with van der Waals surface area (Å²) in [7, 11) is 0. The molecule has 0 bridgehead atoms. The van der Waals surface area contributed by atoms with Crippen LogP contribution in [0.3, 0.4) is 0 Å². The molecule has 25 heavy (non-hydrogen) atoms. The van der Waals surface area contributed by atoms with Crippen LogP contribution in [-0.4, -0.2) is 30.4 Å². The molecule has 1 heterocycles. The van der Waals surface area contributed by atoms with Crippen LogP contribution in [0.25, 0.3) is 0 Å². The van der Waals surface area contributed by atoms with Gasteiger partial charge >= 0.3 is 0 Å². The predicted molar refractivity (Wildman–Crippen MR) is 102 cm³/mol. The van der Waals surface area contributed by atoms with Gasteiger partial charge in [-0.3, -0.25) is 4.79 Å². The van der Waals surface area contributed by atoms with Gasteiger partial charge in [0.1, 0.15) is 0 Å². The van der Waals surface area contributed by atoms with E-state index in [0.717, 1.165) is 25.2 Å². The molecule has 1 atom stereocenters. The summed E-state index contributed by atoms with van der Waals surface area (Å²) in [5.74, 6) is 0.811. The second kappa shape index (κ2) is 8.82. The zero-order valence-corrected chi connectivity index (χ0v) is 15.0. The van der Waals surface area contributed by atoms with Crippen LogP contribution in [0.1, 0.15) is 49.3 Å². The van der Waals surface area contributed by atoms with Crippen molar-refractivity contribution in [1.82, 2.24) is 10.2 Å². The lowest BCUT2D eigenvalue weighted by Crippen LogP contribution is -2.36. The molecule has 0 unspecified atom stereocenters. The van der Waals surface area contributed by atoms with E-state index in [0.29, 0.717) is 12.3 Å². The Hall–Kier alpha value is -2.13. The summed E-state index contributed by atoms with van der Waals surface area (Å²) in [4.78, 5) is 14.6. The van der Waals surface area contributed by atoms with E-state index in [2.05, 4.69) is 52.7 Å². The highest BCUT2D eigenvalue weighted by Gasteiger charge is 2.20. The molecule has 132 valence electrons. The van der Waals surface area contributed by atoms with Gasteiger partial charge in [-0.1, -0.05) is 60.7 Å². The predicted octanol–water partition coefficient (Wildman–Crippen LogP) is 4.13. The fourth-order valence-corrected chi connectivity index (χ4v) is 3.61. The summed E-state index contributed by atoms with van der Waals surface area (Å²) in [5, 5.41) is 3.10. The van der Waals surface area contributed by atoms with Crippen molar-refractivity contribution in [3.05, 3.63) is 71.8 Å². The van der Waals surface area contributed by atoms with Crippen molar-refractivity contribution in [2.75, 3.05) is 19.6 Å². The zero-order chi connectivity index (χ0) is 17.5. The molecule has 1 saturated heterocycles. The maximum atomic E-state index is 12.2. The molecule has 0 radical (unpaired) electrons. The molecule has 3 heteroatoms. The van der Waals surface area contributed by atoms with Crippen molar-refractivity contribution < 1.29 is 4.79 Å². The number of likely N-dealkylation sites (tertiary alicyclic amines) is 1. The maximum absolute atomic E-state index is 12.2. The third-order valence-electron chi connectivity index (χ3n) is 5.19. The van der Waals surface area contributed by atoms with Crippen molar-refractivity contribution in [1.29, 1.82) is 0 Å². The Labute approximate surface area is 151 Å². The minimum Gasteiger partial charge on any atom is -0.350 e. The number of nitrogens with zero attached hydrogens (tertiary/aromatic N) is 1. The third kappa shape index (κ3) is 5.17. The summed E-state index contributed by atoms with van der Waals surface area (Å²) in [6, 6.07) is 21.0. The largest absolute Gasteiger partial charge is 0.350 e. The minimum atomic E-state index is 0.0671. The third-order valence-corrected chi connectivity index (χ3v) is 5.19. The van der Waals surface area contributed by atoms with Gasteiger partial charge in [-0.15, -0.1) is 0 Å². The average molecular weight is 336 g/mol. The van der Waals surface area contributed by atoms with Gasteiger partial charge in [-0.25, -0.2) is 0 Å². The van der Waals surface area contributed by atoms with E-state index in [4.69, 9.17) is 0 Å². The molecule has 3 rings (SSSR count). The quantitative estimate of drug-likeness (QED) is 0.860. The first kappa shape index (κ1) is 17.7. The van der Waals surface area contributed by atoms with Gasteiger partial charge in [0.05, 0.1) is 6.04 Å². The van der Waals surface area contributed by atoms with Gasteiger partial charge in [0.2, 0.25) is 5.91 Å². The van der Waals surface area contributed by atoms with E-state index >= 15 is 0 Å². The van der Waals surface area contributed by atoms with E-state index in [9.17, 15) is 4.79 Å². The molecule has 3 nitrogen and oxygen atoms in total. The molecular formula is C22H28N2O. The first-order chi connectivity index (χ1) is 12.2. The molecule has 1 amide bonds. The molecule has 2 aromatic carbocycles. The van der Waals surface area contributed by atoms with E-state index < -0.39 is 0 Å². The molecule has 1 aliphatic rings. The first-order valence-electron chi connectivity index (χ1n) is 9.34. The fraction of sp³-hybridized carbons (Fsp3) is 0.409. The van der Waals surface area contributed by atoms with E-state index in [1.165, 1.54) is 18.4 Å². The van der Waals surface area contributed by atoms with Gasteiger partial charge in [0, 0.05) is 13.0 Å². The second-order valence-corrected chi connectivity index (χ2v) is 6.98. The highest BCUT2D eigenvalue weighted by atomic mass is 16.1. The van der Waals surface area contributed by atoms with Crippen LogP contribution < -0.4 is 5.32 Å². The molecule has 0 aliphatic carbocycles. The van der Waals surface area contributed by atoms with Crippen LogP contribution in [-0.2, 0) is 4.79 Å². The van der Waals surface area contributed by atoms with Crippen LogP contribution in [0.2, 0.25) is 0 Å². The lowest BCUT2D eigenvalue weighted by Gasteiger charge is -2.32. The van der Waals surface area contributed by atoms with Crippen LogP contribution in [0.4, 0.5) is 0 Å². The van der Waals surface area contributed by atoms with Crippen molar-refractivity contribution in [2.45, 2.75) is 38.1 Å². The topological polar surface area (TPSA) is 32.3 Å². The number of rotatable bonds is 6. The summed E-state index contributed by atoms with van der Waals surface area (Å²) in [6.07, 6.45) is 2.95. The Kier molecular flexibility index (Phi) is 6.24. The first-order valence-corrected chi connectivity index (χ1v) is 9.34. The van der Waals surface area contributed by atoms with Crippen LogP contribution >= 0.6 is 0 Å². The average Bonchev–Trinajstić information content (AvgIpc) is 2.68. The summed E-state index contributed by atoms with van der Waals surface area (Å²) in [6.45, 7) is 5.07. The monoisotopic (exact) mass is 336 g/mol. The van der Waals surface area contributed by atoms with E-state index in [1.54, 1.807) is 0 Å². The standard InChI is InChI=1S/C22H28N2O/c1-18(19-8-4-2-5-9-19)23-22(25)14-17-24-15-12-21(13-16-24)20-10-6-3-7-11-20/h2-11,18,21H,12-17H2,1H3,(H,23,25)/t18-/m0/s1. The number of carbonyl (C=O) groups excluding carboxylic acids is 1. The number of hydrogen-bond acceptors (Lipinski definition) is 2. The Bertz CT molecular complexity index is 648. The molecule has 1 fully saturated rings. The molecule has 1 N–H and O–H groups in total. The maximum Gasteiger partial charge on any atom is 0.221 e. The van der Waals surface area contributed by atoms with Gasteiger partial charge in [-0.05, 0) is 49.9 Å². The van der Waals surface area contributed by atoms with E-state index in [1.807, 2.05) is 25.1 Å². The molecule has 0 saturated carbocycles. The lowest BCUT2D eigenvalue weighted by molar-refractivity contribution is -0.122. The normalized spacial score (nSPS) is 17.2. The second-order valence-electron chi connectivity index (χ2n) is 6.98. The van der Waals surface area contributed by atoms with Gasteiger partial charge in [0.15, 0.2) is 0 Å². The molecule has 1 aliphatic heterocycles. The Balaban J connectivity index is 1.39. The zero-order valence-electron chi connectivity index (χ0n) is 15.0. The van der Waals surface area contributed by atoms with Crippen molar-refractivity contribution in [3.8, 4) is 0 Å². The van der Waals surface area contributed by atoms with Crippen molar-refractivity contribution in [3.63, 3.8) is 0 Å². The molecule has 0 spiro atoms. The van der Waals surface area contributed by atoms with Crippen molar-refractivity contribution >= 4 is 5.91 Å². The van der Waals surface area contributed by atoms with Crippen molar-refractivity contribution in [2.24, 2.45) is 0 Å². The number of carbonyl (C=O) groups is 1. The van der Waals surface area contributed by atoms with Crippen LogP contribution in [0, 0.1) is 0 Å². The summed E-state index contributed by atoms with van der Waals surface area (Å²) in [5.41, 5.74) is 2.61. The summed E-state index contributed by atoms with van der Waals surface area (Å²) < 4.78 is 0. The number of piperidine rings is 1. The molecular weight excluding hydrogens is 308 g/mol. The molecule has 2 aromatic rings. The summed E-state index contributed by atoms with van der Waals surface area (Å²) >= 11 is 0. The number of benzene rings is 2. The number of nitrogens with one attached hydrogen (secondary N) is 1. The van der Waals surface area contributed by atoms with E-state index in [-0.39, 0.29) is 11.9 Å². The Morgan fingerprint density at radius 3 is 2.28 bits per heavy atom. The number of amides is 1. The SMILES string of the molecule is C[C@H](NC(=O)CCN1CCC(c2ccccc2)CC1)c1ccccc1. The number of hydrogen-bond donors (Lipinski definition) is 1. The Morgan fingerprint density at radius 2 is 1.64 bits per heavy atom. The van der Waals surface area contributed by atoms with Crippen LogP contribution in [0.5, 0.6) is 0 Å². The highest BCUT2D eigenvalue weighted by molar-refractivity contribution is 5.76. The van der Waals surface area contributed by atoms with Gasteiger partial charge in [-0.2, -0.15) is 0 Å². The lowest BCUT2D eigenvalue weighted by atomic mass is 9.89. The fourth-order valence-electron chi connectivity index (χ4n) is 3.61. The van der Waals surface area contributed by atoms with Gasteiger partial charge in [0.25, 0.3) is 0 Å². The van der Waals surface area contributed by atoms with Crippen LogP contribution in [0.15, 0.2) is 60.7 Å². The minimum absolute atomic E-state index is 0.0671. The smallest absolute Gasteiger partial charge is 0.221 e. The highest BCUT2D eigenvalue weighted by Crippen LogP contribution is 2.27. The Morgan fingerprint density at radius 1 is 1.04 bits per heavy atom. The van der Waals surface area contributed by atoms with Gasteiger partial charge < -0.3 is 10.2 Å².